The van der Waals surface area contributed by atoms with Gasteiger partial charge in [0.25, 0.3) is 5.56 Å². The number of likely N-dealkylation sites (N-methyl/N-ethyl adjacent to an activating group) is 1. The van der Waals surface area contributed by atoms with E-state index >= 15 is 0 Å². The second-order valence-electron chi connectivity index (χ2n) is 6.97. The molecule has 6 nitrogen and oxygen atoms in total. The van der Waals surface area contributed by atoms with E-state index in [1.807, 2.05) is 0 Å². The van der Waals surface area contributed by atoms with Gasteiger partial charge in [-0.3, -0.25) is 4.79 Å². The zero-order valence-corrected chi connectivity index (χ0v) is 16.4. The van der Waals surface area contributed by atoms with Crippen molar-refractivity contribution in [3.05, 3.63) is 74.4 Å². The lowest BCUT2D eigenvalue weighted by molar-refractivity contribution is 0.200. The van der Waals surface area contributed by atoms with Crippen molar-refractivity contribution in [1.29, 1.82) is 0 Å². The number of hydrogen-bond donors (Lipinski definition) is 3. The maximum absolute atomic E-state index is 14.0. The first-order chi connectivity index (χ1) is 14.3. The predicted molar refractivity (Wildman–Crippen MR) is 107 cm³/mol. The number of hydrogen-bond acceptors (Lipinski definition) is 3. The van der Waals surface area contributed by atoms with E-state index in [0.29, 0.717) is 30.0 Å². The van der Waals surface area contributed by atoms with Gasteiger partial charge >= 0.3 is 6.03 Å². The molecule has 0 saturated heterocycles. The highest BCUT2D eigenvalue weighted by Gasteiger charge is 2.30. The third-order valence-corrected chi connectivity index (χ3v) is 5.41. The number of nitrogens with zero attached hydrogens (tertiary/aromatic N) is 1. The summed E-state index contributed by atoms with van der Waals surface area (Å²) in [5.41, 5.74) is 0.760. The quantitative estimate of drug-likeness (QED) is 0.570. The SMILES string of the molecule is CN(C(=O)Nc1ccc(F)c(Cl)c1)[C@@H]1CNCc2[nH]c(=O)c3cc(F)c(F)cc3c21. The number of carbonyl (C=O) groups is 1. The van der Waals surface area contributed by atoms with Gasteiger partial charge in [0.1, 0.15) is 5.82 Å². The molecule has 0 saturated carbocycles. The third-order valence-electron chi connectivity index (χ3n) is 5.12. The number of halogens is 4. The maximum atomic E-state index is 14.0. The van der Waals surface area contributed by atoms with Crippen LogP contribution in [-0.2, 0) is 6.54 Å². The standard InChI is InChI=1S/C20H16ClF3N4O2/c1-28(20(30)26-9-2-3-13(22)12(21)4-9)17-8-25-7-16-18(17)10-5-14(23)15(24)6-11(10)19(29)27-16/h2-6,17,25H,7-8H2,1H3,(H,26,30)(H,27,29)/t17-/m1/s1. The smallest absolute Gasteiger partial charge is 0.322 e. The third kappa shape index (κ3) is 3.50. The minimum Gasteiger partial charge on any atom is -0.324 e. The number of aromatic amines is 1. The molecule has 0 radical (unpaired) electrons. The molecule has 0 fully saturated rings. The lowest BCUT2D eigenvalue weighted by atomic mass is 9.94. The van der Waals surface area contributed by atoms with Gasteiger partial charge in [-0.25, -0.2) is 18.0 Å². The average Bonchev–Trinajstić information content (AvgIpc) is 2.71. The number of rotatable bonds is 2. The lowest BCUT2D eigenvalue weighted by Gasteiger charge is -2.34. The van der Waals surface area contributed by atoms with Crippen LogP contribution in [0, 0.1) is 17.5 Å². The summed E-state index contributed by atoms with van der Waals surface area (Å²) < 4.78 is 41.0. The molecule has 1 aliphatic rings. The molecule has 0 unspecified atom stereocenters. The minimum absolute atomic E-state index is 0.00123. The van der Waals surface area contributed by atoms with Crippen molar-refractivity contribution < 1.29 is 18.0 Å². The van der Waals surface area contributed by atoms with Gasteiger partial charge in [0.05, 0.1) is 16.5 Å². The summed E-state index contributed by atoms with van der Waals surface area (Å²) in [7, 11) is 1.53. The van der Waals surface area contributed by atoms with Crippen molar-refractivity contribution in [3.8, 4) is 0 Å². The van der Waals surface area contributed by atoms with Gasteiger partial charge in [-0.05, 0) is 35.7 Å². The predicted octanol–water partition coefficient (Wildman–Crippen LogP) is 3.91. The summed E-state index contributed by atoms with van der Waals surface area (Å²) in [5, 5.41) is 5.82. The van der Waals surface area contributed by atoms with Crippen LogP contribution in [0.1, 0.15) is 17.3 Å². The second-order valence-corrected chi connectivity index (χ2v) is 7.38. The van der Waals surface area contributed by atoms with E-state index in [2.05, 4.69) is 15.6 Å². The molecule has 3 aromatic rings. The number of nitrogens with one attached hydrogen (secondary N) is 3. The Hall–Kier alpha value is -3.04. The Kier molecular flexibility index (Phi) is 5.17. The highest BCUT2D eigenvalue weighted by molar-refractivity contribution is 6.31. The van der Waals surface area contributed by atoms with Crippen LogP contribution in [0.15, 0.2) is 35.1 Å². The summed E-state index contributed by atoms with van der Waals surface area (Å²) in [5.74, 6) is -2.82. The fourth-order valence-electron chi connectivity index (χ4n) is 3.61. The topological polar surface area (TPSA) is 77.2 Å². The Morgan fingerprint density at radius 1 is 1.13 bits per heavy atom. The van der Waals surface area contributed by atoms with E-state index in [0.717, 1.165) is 18.2 Å². The molecule has 156 valence electrons. The summed E-state index contributed by atoms with van der Waals surface area (Å²) >= 11 is 5.75. The van der Waals surface area contributed by atoms with Crippen LogP contribution >= 0.6 is 11.6 Å². The van der Waals surface area contributed by atoms with Crippen LogP contribution in [-0.4, -0.2) is 29.5 Å². The number of urea groups is 1. The number of pyridine rings is 1. The summed E-state index contributed by atoms with van der Waals surface area (Å²) in [4.78, 5) is 29.1. The Labute approximate surface area is 173 Å². The van der Waals surface area contributed by atoms with E-state index in [-0.39, 0.29) is 15.8 Å². The van der Waals surface area contributed by atoms with Crippen LogP contribution in [0.25, 0.3) is 10.8 Å². The summed E-state index contributed by atoms with van der Waals surface area (Å²) in [6.07, 6.45) is 0. The van der Waals surface area contributed by atoms with E-state index in [1.54, 1.807) is 0 Å². The molecule has 10 heteroatoms. The van der Waals surface area contributed by atoms with Gasteiger partial charge in [-0.1, -0.05) is 11.6 Å². The molecular weight excluding hydrogens is 421 g/mol. The largest absolute Gasteiger partial charge is 0.324 e. The summed E-state index contributed by atoms with van der Waals surface area (Å²) in [6.45, 7) is 0.625. The number of benzene rings is 2. The van der Waals surface area contributed by atoms with Gasteiger partial charge < -0.3 is 20.5 Å². The monoisotopic (exact) mass is 436 g/mol. The van der Waals surface area contributed by atoms with E-state index < -0.39 is 35.1 Å². The molecule has 1 aliphatic heterocycles. The van der Waals surface area contributed by atoms with E-state index in [1.165, 1.54) is 24.1 Å². The zero-order valence-electron chi connectivity index (χ0n) is 15.7. The van der Waals surface area contributed by atoms with Crippen LogP contribution in [0.2, 0.25) is 5.02 Å². The van der Waals surface area contributed by atoms with Crippen LogP contribution in [0.4, 0.5) is 23.7 Å². The van der Waals surface area contributed by atoms with Crippen molar-refractivity contribution in [2.45, 2.75) is 12.6 Å². The molecule has 0 bridgehead atoms. The van der Waals surface area contributed by atoms with Crippen molar-refractivity contribution in [1.82, 2.24) is 15.2 Å². The second kappa shape index (κ2) is 7.66. The average molecular weight is 437 g/mol. The Bertz CT molecular complexity index is 1230. The van der Waals surface area contributed by atoms with Crippen LogP contribution < -0.4 is 16.2 Å². The number of carbonyl (C=O) groups excluding carboxylic acids is 1. The van der Waals surface area contributed by atoms with Crippen LogP contribution in [0.3, 0.4) is 0 Å². The minimum atomic E-state index is -1.13. The van der Waals surface area contributed by atoms with Gasteiger partial charge in [-0.2, -0.15) is 0 Å². The zero-order chi connectivity index (χ0) is 21.6. The van der Waals surface area contributed by atoms with Crippen LogP contribution in [0.5, 0.6) is 0 Å². The molecule has 3 N–H and O–H groups in total. The Morgan fingerprint density at radius 3 is 2.53 bits per heavy atom. The molecule has 0 aliphatic carbocycles. The van der Waals surface area contributed by atoms with Crippen molar-refractivity contribution in [3.63, 3.8) is 0 Å². The van der Waals surface area contributed by atoms with E-state index in [9.17, 15) is 22.8 Å². The molecule has 2 aromatic carbocycles. The number of anilines is 1. The van der Waals surface area contributed by atoms with Crippen molar-refractivity contribution >= 4 is 34.1 Å². The molecule has 0 spiro atoms. The first kappa shape index (κ1) is 20.2. The first-order valence-corrected chi connectivity index (χ1v) is 9.37. The fraction of sp³-hybridized carbons (Fsp3) is 0.200. The van der Waals surface area contributed by atoms with Gasteiger partial charge in [-0.15, -0.1) is 0 Å². The van der Waals surface area contributed by atoms with Gasteiger partial charge in [0.2, 0.25) is 0 Å². The molecule has 30 heavy (non-hydrogen) atoms. The van der Waals surface area contributed by atoms with Gasteiger partial charge in [0.15, 0.2) is 11.6 Å². The van der Waals surface area contributed by atoms with Gasteiger partial charge in [0, 0.05) is 37.1 Å². The van der Waals surface area contributed by atoms with Crippen molar-refractivity contribution in [2.75, 3.05) is 18.9 Å². The number of aromatic nitrogens is 1. The number of H-pyrrole nitrogens is 1. The number of fused-ring (bicyclic) bond motifs is 3. The van der Waals surface area contributed by atoms with Crippen molar-refractivity contribution in [2.24, 2.45) is 0 Å². The molecule has 2 heterocycles. The maximum Gasteiger partial charge on any atom is 0.322 e. The molecule has 4 rings (SSSR count). The fourth-order valence-corrected chi connectivity index (χ4v) is 3.79. The highest BCUT2D eigenvalue weighted by atomic mass is 35.5. The normalized spacial score (nSPS) is 15.7. The molecular formula is C20H16ClF3N4O2. The molecule has 2 amide bonds. The Balaban J connectivity index is 1.73. The first-order valence-electron chi connectivity index (χ1n) is 8.99. The molecule has 1 aromatic heterocycles. The highest BCUT2D eigenvalue weighted by Crippen LogP contribution is 2.32. The Morgan fingerprint density at radius 2 is 1.83 bits per heavy atom. The lowest BCUT2D eigenvalue weighted by Crippen LogP contribution is -2.43. The number of amides is 2. The van der Waals surface area contributed by atoms with E-state index in [4.69, 9.17) is 11.6 Å². The summed E-state index contributed by atoms with van der Waals surface area (Å²) in [6, 6.07) is 4.48. The molecule has 1 atom stereocenters.